The van der Waals surface area contributed by atoms with Gasteiger partial charge >= 0.3 is 6.18 Å². The molecule has 1 N–H and O–H groups in total. The highest BCUT2D eigenvalue weighted by Crippen LogP contribution is 2.37. The number of H-pyrrole nitrogens is 1. The number of ether oxygens (including phenoxy) is 1. The largest absolute Gasteiger partial charge is 0.489 e. The molecule has 9 heteroatoms. The molecule has 6 nitrogen and oxygen atoms in total. The van der Waals surface area contributed by atoms with E-state index in [0.29, 0.717) is 11.3 Å². The summed E-state index contributed by atoms with van der Waals surface area (Å²) in [4.78, 5) is 24.7. The summed E-state index contributed by atoms with van der Waals surface area (Å²) in [5.41, 5.74) is 0.367. The van der Waals surface area contributed by atoms with E-state index in [1.54, 1.807) is 24.3 Å². The molecule has 0 amide bonds. The summed E-state index contributed by atoms with van der Waals surface area (Å²) in [5.74, 6) is 0.538. The minimum absolute atomic E-state index is 0.0417. The van der Waals surface area contributed by atoms with E-state index in [0.717, 1.165) is 22.9 Å². The van der Waals surface area contributed by atoms with E-state index in [1.807, 2.05) is 23.3 Å². The van der Waals surface area contributed by atoms with Crippen molar-refractivity contribution in [2.45, 2.75) is 32.8 Å². The van der Waals surface area contributed by atoms with Crippen molar-refractivity contribution in [3.8, 4) is 5.75 Å². The van der Waals surface area contributed by atoms with Crippen LogP contribution in [0.15, 0.2) is 53.5 Å². The maximum atomic E-state index is 13.4. The molecule has 0 unspecified atom stereocenters. The van der Waals surface area contributed by atoms with Gasteiger partial charge in [0.15, 0.2) is 5.78 Å². The zero-order chi connectivity index (χ0) is 22.2. The number of fused-ring (bicyclic) bond motifs is 1. The van der Waals surface area contributed by atoms with Crippen molar-refractivity contribution in [2.24, 2.45) is 0 Å². The number of benzene rings is 2. The Morgan fingerprint density at radius 1 is 1.16 bits per heavy atom. The van der Waals surface area contributed by atoms with Crippen LogP contribution < -0.4 is 15.2 Å². The quantitative estimate of drug-likeness (QED) is 0.619. The normalized spacial score (nSPS) is 13.2. The third-order valence-electron chi connectivity index (χ3n) is 5.20. The third kappa shape index (κ3) is 4.16. The molecule has 0 atom stereocenters. The van der Waals surface area contributed by atoms with Crippen molar-refractivity contribution in [2.75, 3.05) is 4.90 Å². The Morgan fingerprint density at radius 3 is 2.58 bits per heavy atom. The number of aromatic nitrogens is 2. The minimum Gasteiger partial charge on any atom is -0.489 e. The molecule has 2 heterocycles. The molecule has 1 aliphatic heterocycles. The van der Waals surface area contributed by atoms with Crippen LogP contribution in [0.4, 0.5) is 18.9 Å². The zero-order valence-electron chi connectivity index (χ0n) is 16.5. The molecule has 0 aliphatic carbocycles. The minimum atomic E-state index is -4.79. The summed E-state index contributed by atoms with van der Waals surface area (Å²) in [7, 11) is 0. The molecule has 0 saturated carbocycles. The molecule has 3 aromatic rings. The number of nitrogens with one attached hydrogen (secondary N) is 1. The Bertz CT molecular complexity index is 1190. The van der Waals surface area contributed by atoms with Crippen LogP contribution in [0.2, 0.25) is 0 Å². The van der Waals surface area contributed by atoms with Crippen molar-refractivity contribution < 1.29 is 22.7 Å². The Labute approximate surface area is 175 Å². The van der Waals surface area contributed by atoms with E-state index in [4.69, 9.17) is 4.74 Å². The second-order valence-electron chi connectivity index (χ2n) is 7.24. The van der Waals surface area contributed by atoms with Gasteiger partial charge in [-0.3, -0.25) is 9.59 Å². The zero-order valence-corrected chi connectivity index (χ0v) is 16.5. The number of nitrogens with zero attached hydrogens (tertiary/aromatic N) is 2. The number of ketones is 1. The fourth-order valence-corrected chi connectivity index (χ4v) is 3.65. The smallest absolute Gasteiger partial charge is 0.423 e. The summed E-state index contributed by atoms with van der Waals surface area (Å²) >= 11 is 0. The number of alkyl halides is 3. The standard InChI is InChI=1S/C22H18F3N3O3/c1-13(29)14-5-7-17(8-6-14)31-12-16-4-2-3-15-10-28(11-18(15)16)19-9-26-27-21(30)20(19)22(23,24)25/h2-9H,10-12H2,1H3,(H,27,30). The van der Waals surface area contributed by atoms with Gasteiger partial charge in [0.1, 0.15) is 17.9 Å². The Hall–Kier alpha value is -3.62. The van der Waals surface area contributed by atoms with Crippen molar-refractivity contribution >= 4 is 11.5 Å². The predicted octanol–water partition coefficient (Wildman–Crippen LogP) is 4.09. The number of halogens is 3. The summed E-state index contributed by atoms with van der Waals surface area (Å²) in [5, 5.41) is 5.41. The molecule has 1 aliphatic rings. The molecule has 0 bridgehead atoms. The lowest BCUT2D eigenvalue weighted by Crippen LogP contribution is -2.28. The van der Waals surface area contributed by atoms with E-state index in [9.17, 15) is 22.8 Å². The van der Waals surface area contributed by atoms with Crippen LogP contribution in [-0.2, 0) is 25.9 Å². The summed E-state index contributed by atoms with van der Waals surface area (Å²) < 4.78 is 46.1. The van der Waals surface area contributed by atoms with Gasteiger partial charge < -0.3 is 9.64 Å². The molecule has 0 radical (unpaired) electrons. The van der Waals surface area contributed by atoms with Gasteiger partial charge in [-0.2, -0.15) is 18.3 Å². The predicted molar refractivity (Wildman–Crippen MR) is 107 cm³/mol. The molecule has 0 fully saturated rings. The van der Waals surface area contributed by atoms with Crippen molar-refractivity contribution in [1.82, 2.24) is 10.2 Å². The SMILES string of the molecule is CC(=O)c1ccc(OCc2cccc3c2CN(c2cn[nH]c(=O)c2C(F)(F)F)C3)cc1. The average Bonchev–Trinajstić information content (AvgIpc) is 3.16. The number of anilines is 1. The molecule has 2 aromatic carbocycles. The second kappa shape index (κ2) is 7.90. The number of rotatable bonds is 5. The van der Waals surface area contributed by atoms with E-state index in [-0.39, 0.29) is 31.2 Å². The van der Waals surface area contributed by atoms with Gasteiger partial charge in [-0.15, -0.1) is 0 Å². The topological polar surface area (TPSA) is 75.3 Å². The maximum absolute atomic E-state index is 13.4. The molecule has 4 rings (SSSR count). The Kier molecular flexibility index (Phi) is 5.26. The Balaban J connectivity index is 1.56. The molecule has 0 saturated heterocycles. The average molecular weight is 429 g/mol. The highest BCUT2D eigenvalue weighted by atomic mass is 19.4. The van der Waals surface area contributed by atoms with Gasteiger partial charge in [-0.1, -0.05) is 18.2 Å². The lowest BCUT2D eigenvalue weighted by molar-refractivity contribution is -0.138. The molecule has 1 aromatic heterocycles. The van der Waals surface area contributed by atoms with Crippen LogP contribution in [0.25, 0.3) is 0 Å². The summed E-state index contributed by atoms with van der Waals surface area (Å²) in [6, 6.07) is 12.3. The number of hydrogen-bond donors (Lipinski definition) is 1. The molecular formula is C22H18F3N3O3. The fourth-order valence-electron chi connectivity index (χ4n) is 3.65. The lowest BCUT2D eigenvalue weighted by atomic mass is 10.0. The maximum Gasteiger partial charge on any atom is 0.423 e. The van der Waals surface area contributed by atoms with Crippen molar-refractivity contribution in [1.29, 1.82) is 0 Å². The van der Waals surface area contributed by atoms with Gasteiger partial charge in [0.05, 0.1) is 11.9 Å². The number of Topliss-reactive ketones (excluding diaryl/α,β-unsaturated/α-hetero) is 1. The number of aromatic amines is 1. The number of carbonyl (C=O) groups excluding carboxylic acids is 1. The number of carbonyl (C=O) groups is 1. The van der Waals surface area contributed by atoms with Gasteiger partial charge in [0.2, 0.25) is 0 Å². The first-order valence-electron chi connectivity index (χ1n) is 9.47. The van der Waals surface area contributed by atoms with Crippen LogP contribution in [0.3, 0.4) is 0 Å². The molecular weight excluding hydrogens is 411 g/mol. The first-order chi connectivity index (χ1) is 14.7. The van der Waals surface area contributed by atoms with Gasteiger partial charge in [0.25, 0.3) is 5.56 Å². The molecule has 160 valence electrons. The van der Waals surface area contributed by atoms with Crippen LogP contribution in [0, 0.1) is 0 Å². The fraction of sp³-hybridized carbons (Fsp3) is 0.227. The summed E-state index contributed by atoms with van der Waals surface area (Å²) in [6.45, 7) is 2.13. The first kappa shape index (κ1) is 20.6. The van der Waals surface area contributed by atoms with E-state index in [1.165, 1.54) is 11.8 Å². The number of hydrogen-bond acceptors (Lipinski definition) is 5. The van der Waals surface area contributed by atoms with Crippen LogP contribution in [-0.4, -0.2) is 16.0 Å². The van der Waals surface area contributed by atoms with Crippen molar-refractivity contribution in [3.63, 3.8) is 0 Å². The van der Waals surface area contributed by atoms with Gasteiger partial charge in [-0.25, -0.2) is 5.10 Å². The van der Waals surface area contributed by atoms with E-state index >= 15 is 0 Å². The van der Waals surface area contributed by atoms with Crippen molar-refractivity contribution in [3.05, 3.63) is 86.8 Å². The van der Waals surface area contributed by atoms with Crippen LogP contribution in [0.1, 0.15) is 39.5 Å². The van der Waals surface area contributed by atoms with Crippen LogP contribution in [0.5, 0.6) is 5.75 Å². The highest BCUT2D eigenvalue weighted by molar-refractivity contribution is 5.94. The van der Waals surface area contributed by atoms with E-state index < -0.39 is 17.3 Å². The first-order valence-corrected chi connectivity index (χ1v) is 9.47. The molecule has 0 spiro atoms. The summed E-state index contributed by atoms with van der Waals surface area (Å²) in [6.07, 6.45) is -3.76. The van der Waals surface area contributed by atoms with Crippen LogP contribution >= 0.6 is 0 Å². The van der Waals surface area contributed by atoms with Gasteiger partial charge in [0, 0.05) is 18.7 Å². The van der Waals surface area contributed by atoms with Gasteiger partial charge in [-0.05, 0) is 47.9 Å². The molecule has 31 heavy (non-hydrogen) atoms. The second-order valence-corrected chi connectivity index (χ2v) is 7.24. The lowest BCUT2D eigenvalue weighted by Gasteiger charge is -2.21. The Morgan fingerprint density at radius 2 is 1.90 bits per heavy atom. The monoisotopic (exact) mass is 429 g/mol. The highest BCUT2D eigenvalue weighted by Gasteiger charge is 2.39. The van der Waals surface area contributed by atoms with E-state index in [2.05, 4.69) is 5.10 Å². The third-order valence-corrected chi connectivity index (χ3v) is 5.20.